The molecule has 0 saturated carbocycles. The first-order valence-electron chi connectivity index (χ1n) is 11.4. The lowest BCUT2D eigenvalue weighted by Crippen LogP contribution is -2.73. The molecule has 1 saturated heterocycles. The van der Waals surface area contributed by atoms with Crippen molar-refractivity contribution < 1.29 is 24.4 Å². The van der Waals surface area contributed by atoms with Gasteiger partial charge >= 0.3 is 0 Å². The molecule has 0 amide bonds. The molecule has 0 unspecified atom stereocenters. The van der Waals surface area contributed by atoms with Crippen LogP contribution in [0.2, 0.25) is 0 Å². The van der Waals surface area contributed by atoms with E-state index in [-0.39, 0.29) is 17.6 Å². The minimum absolute atomic E-state index is 0.102. The van der Waals surface area contributed by atoms with Crippen molar-refractivity contribution >= 4 is 10.9 Å². The summed E-state index contributed by atoms with van der Waals surface area (Å²) in [5.74, 6) is 0.211. The van der Waals surface area contributed by atoms with Crippen molar-refractivity contribution in [2.24, 2.45) is 0 Å². The maximum absolute atomic E-state index is 14.7. The molecule has 32 heavy (non-hydrogen) atoms. The van der Waals surface area contributed by atoms with Crippen molar-refractivity contribution in [2.75, 3.05) is 6.54 Å². The van der Waals surface area contributed by atoms with Gasteiger partial charge in [0.25, 0.3) is 0 Å². The summed E-state index contributed by atoms with van der Waals surface area (Å²) in [5, 5.41) is 38.1. The van der Waals surface area contributed by atoms with E-state index in [4.69, 9.17) is 4.74 Å². The van der Waals surface area contributed by atoms with Gasteiger partial charge in [0.15, 0.2) is 17.6 Å². The lowest BCUT2D eigenvalue weighted by Gasteiger charge is -2.60. The van der Waals surface area contributed by atoms with Crippen molar-refractivity contribution in [1.82, 2.24) is 9.88 Å². The van der Waals surface area contributed by atoms with Crippen LogP contribution in [0.3, 0.4) is 0 Å². The van der Waals surface area contributed by atoms with Gasteiger partial charge in [-0.2, -0.15) is 0 Å². The number of phenolic OH excluding ortho intramolecular Hbond substituents is 1. The van der Waals surface area contributed by atoms with E-state index in [1.54, 1.807) is 6.07 Å². The number of fused-ring (bicyclic) bond motifs is 4. The van der Waals surface area contributed by atoms with Crippen molar-refractivity contribution in [3.05, 3.63) is 58.0 Å². The molecule has 5 atom stereocenters. The van der Waals surface area contributed by atoms with Gasteiger partial charge in [-0.3, -0.25) is 0 Å². The molecule has 4 heterocycles. The van der Waals surface area contributed by atoms with Crippen LogP contribution >= 0.6 is 0 Å². The number of aliphatic hydroxyl groups excluding tert-OH is 1. The molecule has 3 aromatic rings. The molecule has 1 aromatic heterocycles. The summed E-state index contributed by atoms with van der Waals surface area (Å²) in [7, 11) is 0. The van der Waals surface area contributed by atoms with E-state index < -0.39 is 23.2 Å². The molecule has 6 nitrogen and oxygen atoms in total. The van der Waals surface area contributed by atoms with Crippen LogP contribution in [-0.4, -0.2) is 38.1 Å². The second-order valence-electron chi connectivity index (χ2n) is 10.2. The van der Waals surface area contributed by atoms with Crippen LogP contribution < -0.4 is 10.1 Å². The number of piperidine rings is 1. The Labute approximate surface area is 183 Å². The number of hydrogen-bond acceptors (Lipinski definition) is 5. The molecular formula is C25H23FN2O4. The number of aromatic nitrogens is 1. The molecule has 2 aliphatic carbocycles. The Bertz CT molecular complexity index is 1380. The fourth-order valence-corrected chi connectivity index (χ4v) is 7.83. The number of aliphatic hydroxyl groups is 2. The summed E-state index contributed by atoms with van der Waals surface area (Å²) in [6, 6.07) is 6.46. The van der Waals surface area contributed by atoms with Crippen LogP contribution in [0.5, 0.6) is 11.5 Å². The van der Waals surface area contributed by atoms with Gasteiger partial charge in [-0.25, -0.2) is 4.39 Å². The number of ether oxygens (including phenoxy) is 1. The van der Waals surface area contributed by atoms with Gasteiger partial charge in [-0.1, -0.05) is 6.07 Å². The molecule has 0 radical (unpaired) electrons. The molecule has 5 aliphatic rings. The van der Waals surface area contributed by atoms with Crippen LogP contribution in [0.25, 0.3) is 10.9 Å². The van der Waals surface area contributed by atoms with E-state index in [0.29, 0.717) is 43.5 Å². The van der Waals surface area contributed by atoms with E-state index in [9.17, 15) is 19.7 Å². The van der Waals surface area contributed by atoms with Crippen LogP contribution in [0.4, 0.5) is 4.39 Å². The molecular weight excluding hydrogens is 411 g/mol. The molecule has 8 rings (SSSR count). The van der Waals surface area contributed by atoms with Gasteiger partial charge in [-0.05, 0) is 55.1 Å². The Kier molecular flexibility index (Phi) is 2.96. The quantitative estimate of drug-likeness (QED) is 0.437. The Morgan fingerprint density at radius 1 is 1.25 bits per heavy atom. The molecule has 2 bridgehead atoms. The standard InChI is InChI=1S/C25H23FN2O4/c26-12-8-13-15-10-25(31)18-7-11-1-2-17(30)22-19(11)24(25,4-5-27-18)23(32-22)21(15)28-6-3-16(29)14(9-12)20(13)28/h1-2,8-9,16,18,23,27,29-31H,3-7,10H2/t16-,18-,23+,24+,25-/m1/s1. The Hall–Kier alpha value is -2.61. The topological polar surface area (TPSA) is 86.9 Å². The predicted molar refractivity (Wildman–Crippen MR) is 113 cm³/mol. The zero-order valence-corrected chi connectivity index (χ0v) is 17.4. The van der Waals surface area contributed by atoms with Crippen LogP contribution in [0, 0.1) is 5.82 Å². The number of halogens is 1. The zero-order valence-electron chi connectivity index (χ0n) is 17.4. The monoisotopic (exact) mass is 434 g/mol. The van der Waals surface area contributed by atoms with Gasteiger partial charge in [0.1, 0.15) is 5.82 Å². The third-order valence-corrected chi connectivity index (χ3v) is 9.01. The predicted octanol–water partition coefficient (Wildman–Crippen LogP) is 2.50. The molecule has 1 fully saturated rings. The fourth-order valence-electron chi connectivity index (χ4n) is 7.83. The summed E-state index contributed by atoms with van der Waals surface area (Å²) in [4.78, 5) is 0. The fraction of sp³-hybridized carbons (Fsp3) is 0.440. The van der Waals surface area contributed by atoms with Crippen LogP contribution in [-0.2, 0) is 24.8 Å². The van der Waals surface area contributed by atoms with Gasteiger partial charge in [0.2, 0.25) is 0 Å². The number of nitrogens with zero attached hydrogens (tertiary/aromatic N) is 1. The first kappa shape index (κ1) is 17.9. The number of benzene rings is 2. The molecule has 3 aliphatic heterocycles. The summed E-state index contributed by atoms with van der Waals surface area (Å²) < 4.78 is 23.4. The van der Waals surface area contributed by atoms with Gasteiger partial charge in [0.05, 0.1) is 28.3 Å². The highest BCUT2D eigenvalue weighted by molar-refractivity contribution is 5.90. The molecule has 4 N–H and O–H groups in total. The number of rotatable bonds is 0. The van der Waals surface area contributed by atoms with Crippen LogP contribution in [0.15, 0.2) is 24.3 Å². The number of aromatic hydroxyl groups is 1. The maximum atomic E-state index is 14.7. The summed E-state index contributed by atoms with van der Waals surface area (Å²) >= 11 is 0. The highest BCUT2D eigenvalue weighted by atomic mass is 19.1. The Morgan fingerprint density at radius 3 is 3.00 bits per heavy atom. The zero-order chi connectivity index (χ0) is 21.6. The van der Waals surface area contributed by atoms with Gasteiger partial charge in [-0.15, -0.1) is 0 Å². The molecule has 7 heteroatoms. The summed E-state index contributed by atoms with van der Waals surface area (Å²) in [6.07, 6.45) is 1.06. The number of phenols is 1. The normalized spacial score (nSPS) is 35.4. The average Bonchev–Trinajstić information content (AvgIpc) is 3.25. The first-order valence-corrected chi connectivity index (χ1v) is 11.4. The van der Waals surface area contributed by atoms with E-state index in [1.807, 2.05) is 6.07 Å². The van der Waals surface area contributed by atoms with E-state index in [1.165, 1.54) is 12.1 Å². The number of aryl methyl sites for hydroxylation is 1. The lowest BCUT2D eigenvalue weighted by molar-refractivity contribution is -0.135. The second kappa shape index (κ2) is 5.30. The first-order chi connectivity index (χ1) is 15.4. The second-order valence-corrected chi connectivity index (χ2v) is 10.2. The van der Waals surface area contributed by atoms with Crippen molar-refractivity contribution in [3.8, 4) is 11.5 Å². The summed E-state index contributed by atoms with van der Waals surface area (Å²) in [6.45, 7) is 1.37. The Morgan fingerprint density at radius 2 is 2.12 bits per heavy atom. The largest absolute Gasteiger partial charge is 0.504 e. The minimum atomic E-state index is -1.12. The van der Waals surface area contributed by atoms with Crippen molar-refractivity contribution in [2.45, 2.75) is 61.5 Å². The average molecular weight is 434 g/mol. The smallest absolute Gasteiger partial charge is 0.166 e. The van der Waals surface area contributed by atoms with Crippen molar-refractivity contribution in [3.63, 3.8) is 0 Å². The molecule has 164 valence electrons. The Balaban J connectivity index is 1.52. The van der Waals surface area contributed by atoms with E-state index >= 15 is 0 Å². The van der Waals surface area contributed by atoms with E-state index in [0.717, 1.165) is 39.8 Å². The van der Waals surface area contributed by atoms with Gasteiger partial charge < -0.3 is 29.9 Å². The highest BCUT2D eigenvalue weighted by Crippen LogP contribution is 2.68. The lowest BCUT2D eigenvalue weighted by atomic mass is 9.49. The van der Waals surface area contributed by atoms with Crippen molar-refractivity contribution in [1.29, 1.82) is 0 Å². The third kappa shape index (κ3) is 1.69. The maximum Gasteiger partial charge on any atom is 0.166 e. The molecule has 1 spiro atoms. The third-order valence-electron chi connectivity index (χ3n) is 9.01. The summed E-state index contributed by atoms with van der Waals surface area (Å²) in [5.41, 5.74) is 3.60. The highest BCUT2D eigenvalue weighted by Gasteiger charge is 2.72. The SMILES string of the molecule is Oc1ccc2c3c1O[C@H]1c4c(c5cc(F)cc6c5n4CC[C@H]6O)C[C@@]4(O)[C@@H](C2)NCC[C@]314. The minimum Gasteiger partial charge on any atom is -0.504 e. The van der Waals surface area contributed by atoms with Crippen LogP contribution in [0.1, 0.15) is 53.0 Å². The van der Waals surface area contributed by atoms with Gasteiger partial charge in [0, 0.05) is 35.5 Å². The number of hydrogen-bond donors (Lipinski definition) is 4. The van der Waals surface area contributed by atoms with E-state index in [2.05, 4.69) is 9.88 Å². The molecule has 2 aromatic carbocycles. The number of nitrogens with one attached hydrogen (secondary N) is 1.